The van der Waals surface area contributed by atoms with Gasteiger partial charge in [-0.05, 0) is 12.1 Å². The van der Waals surface area contributed by atoms with Gasteiger partial charge in [-0.3, -0.25) is 9.79 Å². The fraction of sp³-hybridized carbons (Fsp3) is 0.111. The van der Waals surface area contributed by atoms with Crippen molar-refractivity contribution in [2.75, 3.05) is 0 Å². The number of nitrogens with zero attached hydrogens (tertiary/aromatic N) is 1. The molecule has 0 aliphatic carbocycles. The first kappa shape index (κ1) is 8.73. The molecule has 2 rings (SSSR count). The molecule has 0 saturated carbocycles. The van der Waals surface area contributed by atoms with Crippen LogP contribution in [0.2, 0.25) is 10.0 Å². The lowest BCUT2D eigenvalue weighted by Gasteiger charge is -2.10. The molecule has 0 unspecified atom stereocenters. The SMILES string of the molecule is O=C1CC=Nc2c(Cl)cc(Cl)cc21. The summed E-state index contributed by atoms with van der Waals surface area (Å²) < 4.78 is 0. The summed E-state index contributed by atoms with van der Waals surface area (Å²) in [6, 6.07) is 3.18. The zero-order chi connectivity index (χ0) is 9.42. The van der Waals surface area contributed by atoms with E-state index in [1.165, 1.54) is 0 Å². The van der Waals surface area contributed by atoms with Crippen molar-refractivity contribution in [3.63, 3.8) is 0 Å². The number of fused-ring (bicyclic) bond motifs is 1. The monoisotopic (exact) mass is 213 g/mol. The van der Waals surface area contributed by atoms with E-state index in [-0.39, 0.29) is 5.78 Å². The van der Waals surface area contributed by atoms with Crippen molar-refractivity contribution in [1.29, 1.82) is 0 Å². The molecule has 0 spiro atoms. The van der Waals surface area contributed by atoms with Crippen LogP contribution in [0.15, 0.2) is 17.1 Å². The van der Waals surface area contributed by atoms with E-state index in [1.54, 1.807) is 18.3 Å². The van der Waals surface area contributed by atoms with Crippen molar-refractivity contribution in [2.45, 2.75) is 6.42 Å². The van der Waals surface area contributed by atoms with E-state index in [9.17, 15) is 4.79 Å². The third-order valence-corrected chi connectivity index (χ3v) is 2.33. The number of ketones is 1. The van der Waals surface area contributed by atoms with E-state index in [4.69, 9.17) is 23.2 Å². The molecule has 2 nitrogen and oxygen atoms in total. The highest BCUT2D eigenvalue weighted by Crippen LogP contribution is 2.34. The Hall–Kier alpha value is -0.860. The minimum absolute atomic E-state index is 0.00870. The van der Waals surface area contributed by atoms with Crippen LogP contribution >= 0.6 is 23.2 Å². The molecular weight excluding hydrogens is 209 g/mol. The van der Waals surface area contributed by atoms with Crippen molar-refractivity contribution in [3.8, 4) is 0 Å². The van der Waals surface area contributed by atoms with Crippen LogP contribution in [0.25, 0.3) is 0 Å². The summed E-state index contributed by atoms with van der Waals surface area (Å²) in [5.41, 5.74) is 1.04. The average Bonchev–Trinajstić information content (AvgIpc) is 2.07. The largest absolute Gasteiger partial charge is 0.294 e. The summed E-state index contributed by atoms with van der Waals surface area (Å²) in [5.74, 6) is 0.00870. The van der Waals surface area contributed by atoms with Crippen molar-refractivity contribution in [2.24, 2.45) is 4.99 Å². The molecule has 0 amide bonds. The lowest BCUT2D eigenvalue weighted by Crippen LogP contribution is -2.04. The van der Waals surface area contributed by atoms with Gasteiger partial charge in [0, 0.05) is 23.2 Å². The number of hydrogen-bond acceptors (Lipinski definition) is 2. The Bertz CT molecular complexity index is 412. The number of rotatable bonds is 0. The fourth-order valence-corrected chi connectivity index (χ4v) is 1.78. The topological polar surface area (TPSA) is 29.4 Å². The Labute approximate surface area is 85.2 Å². The van der Waals surface area contributed by atoms with Crippen LogP contribution in [-0.4, -0.2) is 12.0 Å². The maximum atomic E-state index is 11.4. The third-order valence-electron chi connectivity index (χ3n) is 1.83. The summed E-state index contributed by atoms with van der Waals surface area (Å²) in [5, 5.41) is 0.890. The Kier molecular flexibility index (Phi) is 2.10. The summed E-state index contributed by atoms with van der Waals surface area (Å²) in [6.07, 6.45) is 1.88. The van der Waals surface area contributed by atoms with Crippen LogP contribution in [0.1, 0.15) is 16.8 Å². The molecular formula is C9H5Cl2NO. The van der Waals surface area contributed by atoms with Gasteiger partial charge >= 0.3 is 0 Å². The van der Waals surface area contributed by atoms with Gasteiger partial charge in [-0.15, -0.1) is 0 Å². The van der Waals surface area contributed by atoms with Crippen LogP contribution in [0.3, 0.4) is 0 Å². The molecule has 0 aromatic heterocycles. The van der Waals surface area contributed by atoms with Crippen LogP contribution < -0.4 is 0 Å². The number of halogens is 2. The number of aliphatic imine (C=N–C) groups is 1. The van der Waals surface area contributed by atoms with Gasteiger partial charge < -0.3 is 0 Å². The van der Waals surface area contributed by atoms with Gasteiger partial charge in [-0.25, -0.2) is 0 Å². The highest BCUT2D eigenvalue weighted by atomic mass is 35.5. The molecule has 13 heavy (non-hydrogen) atoms. The standard InChI is InChI=1S/C9H5Cl2NO/c10-5-3-6-8(13)1-2-12-9(6)7(11)4-5/h2-4H,1H2. The van der Waals surface area contributed by atoms with Crippen LogP contribution in [0, 0.1) is 0 Å². The van der Waals surface area contributed by atoms with Crippen molar-refractivity contribution >= 4 is 40.9 Å². The van der Waals surface area contributed by atoms with Gasteiger partial charge in [0.2, 0.25) is 0 Å². The molecule has 0 radical (unpaired) electrons. The molecule has 1 aromatic rings. The number of hydrogen-bond donors (Lipinski definition) is 0. The zero-order valence-corrected chi connectivity index (χ0v) is 8.06. The molecule has 1 aliphatic heterocycles. The lowest BCUT2D eigenvalue weighted by molar-refractivity contribution is 0.100. The van der Waals surface area contributed by atoms with E-state index in [0.717, 1.165) is 0 Å². The summed E-state index contributed by atoms with van der Waals surface area (Å²) in [6.45, 7) is 0. The van der Waals surface area contributed by atoms with Gasteiger partial charge in [-0.1, -0.05) is 23.2 Å². The average molecular weight is 214 g/mol. The van der Waals surface area contributed by atoms with E-state index in [1.807, 2.05) is 0 Å². The van der Waals surface area contributed by atoms with Crippen LogP contribution in [-0.2, 0) is 0 Å². The van der Waals surface area contributed by atoms with Crippen LogP contribution in [0.4, 0.5) is 5.69 Å². The Morgan fingerprint density at radius 1 is 1.31 bits per heavy atom. The van der Waals surface area contributed by atoms with Gasteiger partial charge in [0.1, 0.15) is 0 Å². The van der Waals surface area contributed by atoms with E-state index in [0.29, 0.717) is 27.7 Å². The summed E-state index contributed by atoms with van der Waals surface area (Å²) in [4.78, 5) is 15.4. The highest BCUT2D eigenvalue weighted by Gasteiger charge is 2.17. The molecule has 0 bridgehead atoms. The maximum absolute atomic E-state index is 11.4. The molecule has 4 heteroatoms. The molecule has 0 fully saturated rings. The Balaban J connectivity index is 2.71. The first-order valence-corrected chi connectivity index (χ1v) is 4.49. The predicted octanol–water partition coefficient (Wildman–Crippen LogP) is 3.28. The second-order valence-electron chi connectivity index (χ2n) is 2.72. The van der Waals surface area contributed by atoms with Gasteiger partial charge in [0.25, 0.3) is 0 Å². The third kappa shape index (κ3) is 1.47. The van der Waals surface area contributed by atoms with Gasteiger partial charge in [-0.2, -0.15) is 0 Å². The second kappa shape index (κ2) is 3.13. The lowest BCUT2D eigenvalue weighted by atomic mass is 10.0. The van der Waals surface area contributed by atoms with Gasteiger partial charge in [0.05, 0.1) is 10.7 Å². The van der Waals surface area contributed by atoms with Crippen molar-refractivity contribution < 1.29 is 4.79 Å². The van der Waals surface area contributed by atoms with Crippen LogP contribution in [0.5, 0.6) is 0 Å². The van der Waals surface area contributed by atoms with E-state index >= 15 is 0 Å². The molecule has 0 atom stereocenters. The maximum Gasteiger partial charge on any atom is 0.170 e. The quantitative estimate of drug-likeness (QED) is 0.651. The smallest absolute Gasteiger partial charge is 0.170 e. The zero-order valence-electron chi connectivity index (χ0n) is 6.55. The Morgan fingerprint density at radius 2 is 2.08 bits per heavy atom. The number of carbonyl (C=O) groups excluding carboxylic acids is 1. The first-order chi connectivity index (χ1) is 6.18. The molecule has 1 aliphatic rings. The first-order valence-electron chi connectivity index (χ1n) is 3.73. The number of Topliss-reactive ketones (excluding diaryl/α,β-unsaturated/α-hetero) is 1. The highest BCUT2D eigenvalue weighted by molar-refractivity contribution is 6.37. The predicted molar refractivity (Wildman–Crippen MR) is 53.6 cm³/mol. The van der Waals surface area contributed by atoms with E-state index in [2.05, 4.69) is 4.99 Å². The summed E-state index contributed by atoms with van der Waals surface area (Å²) in [7, 11) is 0. The summed E-state index contributed by atoms with van der Waals surface area (Å²) >= 11 is 11.6. The minimum Gasteiger partial charge on any atom is -0.294 e. The number of carbonyl (C=O) groups is 1. The van der Waals surface area contributed by atoms with E-state index < -0.39 is 0 Å². The molecule has 1 aromatic carbocycles. The van der Waals surface area contributed by atoms with Crippen molar-refractivity contribution in [3.05, 3.63) is 27.7 Å². The molecule has 66 valence electrons. The number of benzene rings is 1. The van der Waals surface area contributed by atoms with Gasteiger partial charge in [0.15, 0.2) is 5.78 Å². The fourth-order valence-electron chi connectivity index (χ4n) is 1.24. The second-order valence-corrected chi connectivity index (χ2v) is 3.57. The molecule has 0 N–H and O–H groups in total. The Morgan fingerprint density at radius 3 is 2.85 bits per heavy atom. The minimum atomic E-state index is 0.00870. The van der Waals surface area contributed by atoms with Crippen molar-refractivity contribution in [1.82, 2.24) is 0 Å². The molecule has 0 saturated heterocycles. The normalized spacial score (nSPS) is 14.5. The molecule has 1 heterocycles.